The van der Waals surface area contributed by atoms with Crippen LogP contribution in [0.15, 0.2) is 24.4 Å². The lowest BCUT2D eigenvalue weighted by Crippen LogP contribution is -2.32. The molecule has 1 aliphatic heterocycles. The first-order valence-electron chi connectivity index (χ1n) is 8.11. The number of carbonyl (C=O) groups is 1. The Morgan fingerprint density at radius 2 is 2.12 bits per heavy atom. The van der Waals surface area contributed by atoms with Gasteiger partial charge < -0.3 is 20.1 Å². The van der Waals surface area contributed by atoms with Gasteiger partial charge in [0.05, 0.1) is 31.0 Å². The van der Waals surface area contributed by atoms with Gasteiger partial charge in [-0.15, -0.1) is 12.4 Å². The average Bonchev–Trinajstić information content (AvgIpc) is 3.13. The van der Waals surface area contributed by atoms with Gasteiger partial charge in [0.15, 0.2) is 5.69 Å². The Morgan fingerprint density at radius 3 is 2.77 bits per heavy atom. The summed E-state index contributed by atoms with van der Waals surface area (Å²) in [7, 11) is 3.04. The highest BCUT2D eigenvalue weighted by Crippen LogP contribution is 2.36. The zero-order valence-corrected chi connectivity index (χ0v) is 16.2. The second kappa shape index (κ2) is 9.12. The highest BCUT2D eigenvalue weighted by Gasteiger charge is 2.19. The van der Waals surface area contributed by atoms with E-state index in [1.165, 1.54) is 14.2 Å². The Morgan fingerprint density at radius 1 is 1.35 bits per heavy atom. The molecule has 1 aromatic carbocycles. The van der Waals surface area contributed by atoms with Gasteiger partial charge in [-0.2, -0.15) is 5.10 Å². The molecule has 0 aliphatic carbocycles. The summed E-state index contributed by atoms with van der Waals surface area (Å²) in [5.41, 5.74) is 0.812. The predicted octanol–water partition coefficient (Wildman–Crippen LogP) is 3.15. The molecule has 0 saturated carbocycles. The van der Waals surface area contributed by atoms with E-state index in [9.17, 15) is 4.79 Å². The fourth-order valence-corrected chi connectivity index (χ4v) is 3.11. The highest BCUT2D eigenvalue weighted by atomic mass is 35.5. The minimum Gasteiger partial charge on any atom is -0.495 e. The van der Waals surface area contributed by atoms with Crippen LogP contribution in [0, 0.1) is 0 Å². The van der Waals surface area contributed by atoms with Crippen LogP contribution < -0.4 is 20.1 Å². The first-order valence-corrected chi connectivity index (χ1v) is 8.49. The summed E-state index contributed by atoms with van der Waals surface area (Å²) in [4.78, 5) is 12.5. The molecule has 0 spiro atoms. The van der Waals surface area contributed by atoms with E-state index in [-0.39, 0.29) is 24.4 Å². The lowest BCUT2D eigenvalue weighted by atomic mass is 10.1. The number of piperidine rings is 1. The van der Waals surface area contributed by atoms with Crippen LogP contribution >= 0.6 is 24.0 Å². The van der Waals surface area contributed by atoms with Crippen molar-refractivity contribution in [2.75, 3.05) is 32.6 Å². The number of hydrogen-bond donors (Lipinski definition) is 2. The maximum Gasteiger partial charge on any atom is 0.276 e. The number of methoxy groups -OCH3 is 2. The molecule has 1 atom stereocenters. The minimum absolute atomic E-state index is 0. The van der Waals surface area contributed by atoms with Crippen LogP contribution in [0.25, 0.3) is 0 Å². The Kier molecular flexibility index (Phi) is 7.14. The summed E-state index contributed by atoms with van der Waals surface area (Å²) in [5, 5.41) is 10.9. The van der Waals surface area contributed by atoms with Crippen LogP contribution in [0.5, 0.6) is 11.5 Å². The van der Waals surface area contributed by atoms with E-state index in [2.05, 4.69) is 15.7 Å². The predicted molar refractivity (Wildman–Crippen MR) is 103 cm³/mol. The third kappa shape index (κ3) is 4.41. The molecule has 1 unspecified atom stereocenters. The summed E-state index contributed by atoms with van der Waals surface area (Å²) < 4.78 is 12.3. The molecule has 1 aliphatic rings. The van der Waals surface area contributed by atoms with E-state index in [1.54, 1.807) is 18.2 Å². The van der Waals surface area contributed by atoms with E-state index in [1.807, 2.05) is 10.9 Å². The van der Waals surface area contributed by atoms with E-state index >= 15 is 0 Å². The Hall–Kier alpha value is -1.96. The summed E-state index contributed by atoms with van der Waals surface area (Å²) >= 11 is 6.14. The second-order valence-electron chi connectivity index (χ2n) is 5.82. The third-order valence-electron chi connectivity index (χ3n) is 4.21. The molecule has 2 N–H and O–H groups in total. The van der Waals surface area contributed by atoms with Gasteiger partial charge in [-0.3, -0.25) is 9.48 Å². The summed E-state index contributed by atoms with van der Waals surface area (Å²) in [6.07, 6.45) is 4.00. The van der Waals surface area contributed by atoms with Crippen molar-refractivity contribution < 1.29 is 14.3 Å². The lowest BCUT2D eigenvalue weighted by Gasteiger charge is -2.22. The average molecular weight is 401 g/mol. The van der Waals surface area contributed by atoms with Crippen molar-refractivity contribution in [2.24, 2.45) is 0 Å². The van der Waals surface area contributed by atoms with Crippen molar-refractivity contribution in [1.82, 2.24) is 15.1 Å². The number of carbonyl (C=O) groups excluding carboxylic acids is 1. The molecule has 0 bridgehead atoms. The molecule has 142 valence electrons. The third-order valence-corrected chi connectivity index (χ3v) is 4.50. The van der Waals surface area contributed by atoms with Crippen molar-refractivity contribution in [3.8, 4) is 11.5 Å². The standard InChI is InChI=1S/C17H21ClN4O3.ClH/c1-24-15-9-16(25-2)14(8-12(15)18)20-17(23)13-5-7-22(21-13)11-4-3-6-19-10-11;/h5,7-9,11,19H,3-4,6,10H2,1-2H3,(H,20,23);1H. The molecule has 1 saturated heterocycles. The first-order chi connectivity index (χ1) is 12.1. The zero-order chi connectivity index (χ0) is 17.8. The number of rotatable bonds is 5. The van der Waals surface area contributed by atoms with Crippen molar-refractivity contribution in [3.63, 3.8) is 0 Å². The topological polar surface area (TPSA) is 77.4 Å². The maximum absolute atomic E-state index is 12.5. The van der Waals surface area contributed by atoms with Gasteiger partial charge in [0.2, 0.25) is 0 Å². The number of ether oxygens (including phenoxy) is 2. The first kappa shape index (κ1) is 20.4. The van der Waals surface area contributed by atoms with Crippen molar-refractivity contribution >= 4 is 35.6 Å². The fourth-order valence-electron chi connectivity index (χ4n) is 2.87. The molecule has 1 aromatic heterocycles. The molecule has 1 amide bonds. The quantitative estimate of drug-likeness (QED) is 0.805. The Labute approximate surface area is 163 Å². The fraction of sp³-hybridized carbons (Fsp3) is 0.412. The zero-order valence-electron chi connectivity index (χ0n) is 14.6. The van der Waals surface area contributed by atoms with Gasteiger partial charge in [0.1, 0.15) is 11.5 Å². The number of aromatic nitrogens is 2. The number of benzene rings is 1. The van der Waals surface area contributed by atoms with E-state index < -0.39 is 0 Å². The van der Waals surface area contributed by atoms with Crippen LogP contribution in [0.2, 0.25) is 5.02 Å². The van der Waals surface area contributed by atoms with Gasteiger partial charge >= 0.3 is 0 Å². The number of nitrogens with one attached hydrogen (secondary N) is 2. The monoisotopic (exact) mass is 400 g/mol. The largest absolute Gasteiger partial charge is 0.495 e. The van der Waals surface area contributed by atoms with Crippen LogP contribution in [-0.4, -0.2) is 43.0 Å². The molecule has 0 radical (unpaired) electrons. The lowest BCUT2D eigenvalue weighted by molar-refractivity contribution is 0.102. The van der Waals surface area contributed by atoms with E-state index in [4.69, 9.17) is 21.1 Å². The molecule has 1 fully saturated rings. The second-order valence-corrected chi connectivity index (χ2v) is 6.23. The van der Waals surface area contributed by atoms with Crippen molar-refractivity contribution in [3.05, 3.63) is 35.1 Å². The number of amides is 1. The van der Waals surface area contributed by atoms with Gasteiger partial charge in [0, 0.05) is 18.8 Å². The number of halogens is 2. The molecule has 2 aromatic rings. The van der Waals surface area contributed by atoms with Crippen LogP contribution in [0.1, 0.15) is 29.4 Å². The Balaban J connectivity index is 0.00000243. The number of hydrogen-bond acceptors (Lipinski definition) is 5. The van der Waals surface area contributed by atoms with Crippen LogP contribution in [-0.2, 0) is 0 Å². The molecule has 2 heterocycles. The Bertz CT molecular complexity index is 760. The molecule has 9 heteroatoms. The minimum atomic E-state index is -0.318. The van der Waals surface area contributed by atoms with Crippen LogP contribution in [0.4, 0.5) is 5.69 Å². The summed E-state index contributed by atoms with van der Waals surface area (Å²) in [5.74, 6) is 0.623. The van der Waals surface area contributed by atoms with Gasteiger partial charge in [-0.1, -0.05) is 11.6 Å². The van der Waals surface area contributed by atoms with Crippen LogP contribution in [0.3, 0.4) is 0 Å². The van der Waals surface area contributed by atoms with E-state index in [0.29, 0.717) is 27.9 Å². The summed E-state index contributed by atoms with van der Waals surface area (Å²) in [6, 6.07) is 5.21. The SMILES string of the molecule is COc1cc(OC)c(NC(=O)c2ccn(C3CCCNC3)n2)cc1Cl.Cl. The molecule has 3 rings (SSSR count). The van der Waals surface area contributed by atoms with Crippen molar-refractivity contribution in [1.29, 1.82) is 0 Å². The molecule has 7 nitrogen and oxygen atoms in total. The molecule has 26 heavy (non-hydrogen) atoms. The summed E-state index contributed by atoms with van der Waals surface area (Å²) in [6.45, 7) is 1.90. The maximum atomic E-state index is 12.5. The van der Waals surface area contributed by atoms with E-state index in [0.717, 1.165) is 25.9 Å². The van der Waals surface area contributed by atoms with Gasteiger partial charge in [-0.25, -0.2) is 0 Å². The molecular formula is C17H22Cl2N4O3. The number of anilines is 1. The van der Waals surface area contributed by atoms with Gasteiger partial charge in [0.25, 0.3) is 5.91 Å². The van der Waals surface area contributed by atoms with Gasteiger partial charge in [-0.05, 0) is 31.5 Å². The van der Waals surface area contributed by atoms with Crippen molar-refractivity contribution in [2.45, 2.75) is 18.9 Å². The number of nitrogens with zero attached hydrogens (tertiary/aromatic N) is 2. The normalized spacial score (nSPS) is 16.5. The smallest absolute Gasteiger partial charge is 0.276 e. The highest BCUT2D eigenvalue weighted by molar-refractivity contribution is 6.32. The molecular weight excluding hydrogens is 379 g/mol.